The molecule has 0 aliphatic carbocycles. The minimum atomic E-state index is -1.39. The molecule has 5 nitrogen and oxygen atoms in total. The van der Waals surface area contributed by atoms with Crippen molar-refractivity contribution >= 4 is 12.2 Å². The first-order chi connectivity index (χ1) is 8.09. The standard InChI is InChI=1S/C12H23NO4/c1-2-3-4-5-6-7-8-9-10-13(11(14)15)12(16)17/h2-10H2,1H3,(H,14,15)(H,16,17)/q+1. The first-order valence-electron chi connectivity index (χ1n) is 6.33. The van der Waals surface area contributed by atoms with Crippen molar-refractivity contribution in [1.82, 2.24) is 4.90 Å². The summed E-state index contributed by atoms with van der Waals surface area (Å²) in [5.41, 5.74) is 0. The lowest BCUT2D eigenvalue weighted by atomic mass is 10.1. The fourth-order valence-electron chi connectivity index (χ4n) is 1.68. The maximum Gasteiger partial charge on any atom is 0.575 e. The molecule has 0 aromatic carbocycles. The molecule has 2 N–H and O–H groups in total. The van der Waals surface area contributed by atoms with E-state index in [1.165, 1.54) is 25.7 Å². The maximum absolute atomic E-state index is 10.5. The van der Waals surface area contributed by atoms with E-state index in [4.69, 9.17) is 10.2 Å². The summed E-state index contributed by atoms with van der Waals surface area (Å²) in [4.78, 5) is 21.5. The Balaban J connectivity index is 3.43. The Kier molecular flexibility index (Phi) is 9.43. The molecule has 0 aromatic heterocycles. The third-order valence-electron chi connectivity index (χ3n) is 2.70. The van der Waals surface area contributed by atoms with Crippen molar-refractivity contribution < 1.29 is 19.8 Å². The molecule has 0 atom stereocenters. The summed E-state index contributed by atoms with van der Waals surface area (Å²) in [5, 5.41) is 17.2. The van der Waals surface area contributed by atoms with Crippen molar-refractivity contribution in [2.75, 3.05) is 6.54 Å². The fourth-order valence-corrected chi connectivity index (χ4v) is 1.68. The van der Waals surface area contributed by atoms with E-state index in [1.54, 1.807) is 0 Å². The average molecular weight is 245 g/mol. The summed E-state index contributed by atoms with van der Waals surface area (Å²) in [5.74, 6) is 0. The molecule has 0 spiro atoms. The number of rotatable bonds is 9. The zero-order valence-corrected chi connectivity index (χ0v) is 10.5. The van der Waals surface area contributed by atoms with Crippen LogP contribution in [-0.4, -0.2) is 28.9 Å². The van der Waals surface area contributed by atoms with Gasteiger partial charge in [0, 0.05) is 11.3 Å². The van der Waals surface area contributed by atoms with Crippen LogP contribution in [-0.2, 0) is 0 Å². The van der Waals surface area contributed by atoms with Crippen LogP contribution in [0.2, 0.25) is 0 Å². The number of amides is 2. The van der Waals surface area contributed by atoms with Gasteiger partial charge in [0.1, 0.15) is 6.54 Å². The van der Waals surface area contributed by atoms with Crippen LogP contribution >= 0.6 is 0 Å². The summed E-state index contributed by atoms with van der Waals surface area (Å²) in [6.45, 7) is 2.26. The van der Waals surface area contributed by atoms with Gasteiger partial charge in [-0.15, -0.1) is 0 Å². The van der Waals surface area contributed by atoms with E-state index in [-0.39, 0.29) is 6.54 Å². The van der Waals surface area contributed by atoms with E-state index >= 15 is 0 Å². The van der Waals surface area contributed by atoms with Crippen LogP contribution in [0.25, 0.3) is 0 Å². The summed E-state index contributed by atoms with van der Waals surface area (Å²) in [6, 6.07) is 0. The molecule has 17 heavy (non-hydrogen) atoms. The van der Waals surface area contributed by atoms with Crippen LogP contribution in [0.15, 0.2) is 0 Å². The largest absolute Gasteiger partial charge is 0.575 e. The van der Waals surface area contributed by atoms with E-state index in [1.807, 2.05) is 0 Å². The molecule has 0 aliphatic rings. The van der Waals surface area contributed by atoms with Crippen LogP contribution in [0.4, 0.5) is 9.59 Å². The SMILES string of the molecule is CCCCCCCCCC[N+](C(=O)O)C(=O)O. The number of unbranched alkanes of at least 4 members (excludes halogenated alkanes) is 7. The molecule has 0 heterocycles. The second-order valence-electron chi connectivity index (χ2n) is 4.19. The molecule has 0 saturated carbocycles. The maximum atomic E-state index is 10.5. The lowest BCUT2D eigenvalue weighted by molar-refractivity contribution is 0.148. The minimum Gasteiger partial charge on any atom is -0.431 e. The zero-order valence-electron chi connectivity index (χ0n) is 10.5. The smallest absolute Gasteiger partial charge is 0.431 e. The first-order valence-corrected chi connectivity index (χ1v) is 6.33. The van der Waals surface area contributed by atoms with Crippen molar-refractivity contribution in [2.45, 2.75) is 58.3 Å². The van der Waals surface area contributed by atoms with Gasteiger partial charge >= 0.3 is 12.2 Å². The monoisotopic (exact) mass is 245 g/mol. The number of carbonyl (C=O) groups is 2. The Hall–Kier alpha value is -1.10. The summed E-state index contributed by atoms with van der Waals surface area (Å²) in [7, 11) is 0. The molecule has 5 heteroatoms. The molecule has 0 unspecified atom stereocenters. The van der Waals surface area contributed by atoms with Gasteiger partial charge in [0.25, 0.3) is 0 Å². The van der Waals surface area contributed by atoms with Gasteiger partial charge in [-0.25, -0.2) is 0 Å². The molecule has 0 fully saturated rings. The van der Waals surface area contributed by atoms with Crippen molar-refractivity contribution in [1.29, 1.82) is 0 Å². The lowest BCUT2D eigenvalue weighted by Crippen LogP contribution is -2.41. The first kappa shape index (κ1) is 15.9. The molecular formula is C12H23NO4+. The number of hydrogen-bond donors (Lipinski definition) is 2. The van der Waals surface area contributed by atoms with Crippen molar-refractivity contribution in [2.24, 2.45) is 0 Å². The highest BCUT2D eigenvalue weighted by atomic mass is 16.4. The zero-order chi connectivity index (χ0) is 13.1. The van der Waals surface area contributed by atoms with E-state index < -0.39 is 12.2 Å². The van der Waals surface area contributed by atoms with Crippen LogP contribution in [0, 0.1) is 0 Å². The third-order valence-corrected chi connectivity index (χ3v) is 2.70. The van der Waals surface area contributed by atoms with Gasteiger partial charge in [0.05, 0.1) is 0 Å². The average Bonchev–Trinajstić information content (AvgIpc) is 2.26. The van der Waals surface area contributed by atoms with Gasteiger partial charge < -0.3 is 10.2 Å². The minimum absolute atomic E-state index is 0.0830. The summed E-state index contributed by atoms with van der Waals surface area (Å²) >= 11 is 0. The molecule has 2 amide bonds. The van der Waals surface area contributed by atoms with Crippen LogP contribution in [0.1, 0.15) is 58.3 Å². The van der Waals surface area contributed by atoms with Gasteiger partial charge in [-0.1, -0.05) is 45.4 Å². The Morgan fingerprint density at radius 3 is 1.65 bits per heavy atom. The van der Waals surface area contributed by atoms with Crippen molar-refractivity contribution in [3.05, 3.63) is 0 Å². The second kappa shape index (κ2) is 10.1. The van der Waals surface area contributed by atoms with Gasteiger partial charge in [-0.3, -0.25) is 0 Å². The molecular weight excluding hydrogens is 222 g/mol. The molecule has 0 aromatic rings. The van der Waals surface area contributed by atoms with Gasteiger partial charge in [0.15, 0.2) is 0 Å². The van der Waals surface area contributed by atoms with E-state index in [0.29, 0.717) is 11.3 Å². The highest BCUT2D eigenvalue weighted by molar-refractivity contribution is 5.89. The molecule has 0 bridgehead atoms. The predicted molar refractivity (Wildman–Crippen MR) is 65.7 cm³/mol. The second-order valence-corrected chi connectivity index (χ2v) is 4.19. The van der Waals surface area contributed by atoms with Crippen LogP contribution < -0.4 is 4.90 Å². The molecule has 0 rings (SSSR count). The number of carboxylic acid groups (broad SMARTS) is 2. The highest BCUT2D eigenvalue weighted by Gasteiger charge is 2.34. The van der Waals surface area contributed by atoms with Gasteiger partial charge in [-0.2, -0.15) is 9.59 Å². The van der Waals surface area contributed by atoms with Gasteiger partial charge in [-0.05, 0) is 6.42 Å². The molecule has 1 radical (unpaired) electrons. The van der Waals surface area contributed by atoms with Crippen molar-refractivity contribution in [3.63, 3.8) is 0 Å². The number of imide groups is 1. The Morgan fingerprint density at radius 2 is 1.24 bits per heavy atom. The third kappa shape index (κ3) is 8.68. The Labute approximate surface area is 102 Å². The molecule has 99 valence electrons. The fraction of sp³-hybridized carbons (Fsp3) is 0.833. The molecule has 0 aliphatic heterocycles. The number of nitrogens with zero attached hydrogens (tertiary/aromatic N) is 1. The van der Waals surface area contributed by atoms with E-state index in [2.05, 4.69) is 6.92 Å². The Morgan fingerprint density at radius 1 is 0.824 bits per heavy atom. The number of hydrogen-bond acceptors (Lipinski definition) is 2. The highest BCUT2D eigenvalue weighted by Crippen LogP contribution is 2.08. The summed E-state index contributed by atoms with van der Waals surface area (Å²) in [6.07, 6.45) is 5.91. The van der Waals surface area contributed by atoms with E-state index in [9.17, 15) is 9.59 Å². The predicted octanol–water partition coefficient (Wildman–Crippen LogP) is 3.62. The normalized spacial score (nSPS) is 10.7. The van der Waals surface area contributed by atoms with Crippen LogP contribution in [0.3, 0.4) is 0 Å². The summed E-state index contributed by atoms with van der Waals surface area (Å²) < 4.78 is 0. The Bertz CT molecular complexity index is 217. The quantitative estimate of drug-likeness (QED) is 0.480. The van der Waals surface area contributed by atoms with E-state index in [0.717, 1.165) is 19.3 Å². The lowest BCUT2D eigenvalue weighted by Gasteiger charge is -2.01. The van der Waals surface area contributed by atoms with Crippen LogP contribution in [0.5, 0.6) is 0 Å². The molecule has 0 saturated heterocycles. The topological polar surface area (TPSA) is 80.5 Å². The van der Waals surface area contributed by atoms with Gasteiger partial charge in [0.2, 0.25) is 0 Å². The van der Waals surface area contributed by atoms with Crippen molar-refractivity contribution in [3.8, 4) is 0 Å².